The Balaban J connectivity index is 2.92. The number of halogens is 2. The van der Waals surface area contributed by atoms with Gasteiger partial charge in [0.05, 0.1) is 15.7 Å². The van der Waals surface area contributed by atoms with Crippen molar-refractivity contribution in [3.63, 3.8) is 0 Å². The molecule has 3 nitrogen and oxygen atoms in total. The zero-order chi connectivity index (χ0) is 9.59. The third kappa shape index (κ3) is 1.24. The lowest BCUT2D eigenvalue weighted by atomic mass is 10.3. The molecular formula is C8H6Cl2N2O. The van der Waals surface area contributed by atoms with Crippen molar-refractivity contribution >= 4 is 40.0 Å². The van der Waals surface area contributed by atoms with Gasteiger partial charge >= 0.3 is 0 Å². The summed E-state index contributed by atoms with van der Waals surface area (Å²) in [7, 11) is 0. The Morgan fingerprint density at radius 1 is 1.38 bits per heavy atom. The van der Waals surface area contributed by atoms with Gasteiger partial charge in [0.25, 0.3) is 0 Å². The van der Waals surface area contributed by atoms with Gasteiger partial charge in [-0.25, -0.2) is 4.98 Å². The molecule has 1 aromatic heterocycles. The molecule has 13 heavy (non-hydrogen) atoms. The summed E-state index contributed by atoms with van der Waals surface area (Å²) < 4.78 is 5.25. The lowest BCUT2D eigenvalue weighted by Crippen LogP contribution is -1.86. The number of benzene rings is 1. The van der Waals surface area contributed by atoms with Crippen molar-refractivity contribution in [2.24, 2.45) is 0 Å². The molecule has 2 aromatic rings. The van der Waals surface area contributed by atoms with Crippen molar-refractivity contribution in [3.05, 3.63) is 22.0 Å². The molecule has 0 radical (unpaired) electrons. The molecule has 5 heteroatoms. The summed E-state index contributed by atoms with van der Waals surface area (Å²) >= 11 is 11.7. The molecule has 0 saturated heterocycles. The summed E-state index contributed by atoms with van der Waals surface area (Å²) in [5, 5.41) is 0.663. The van der Waals surface area contributed by atoms with E-state index in [4.69, 9.17) is 33.4 Å². The Morgan fingerprint density at radius 3 is 2.77 bits per heavy atom. The topological polar surface area (TPSA) is 52.0 Å². The van der Waals surface area contributed by atoms with Gasteiger partial charge in [-0.2, -0.15) is 0 Å². The minimum absolute atomic E-state index is 0.322. The first kappa shape index (κ1) is 8.66. The molecule has 0 atom stereocenters. The fraction of sp³-hybridized carbons (Fsp3) is 0.125. The molecule has 0 aliphatic carbocycles. The number of aromatic nitrogens is 1. The third-order valence-corrected chi connectivity index (χ3v) is 2.57. The second kappa shape index (κ2) is 2.79. The van der Waals surface area contributed by atoms with E-state index in [9.17, 15) is 0 Å². The Morgan fingerprint density at radius 2 is 2.08 bits per heavy atom. The zero-order valence-electron chi connectivity index (χ0n) is 6.77. The van der Waals surface area contributed by atoms with Gasteiger partial charge in [0, 0.05) is 13.0 Å². The number of nitrogens with two attached hydrogens (primary N) is 1. The predicted octanol–water partition coefficient (Wildman–Crippen LogP) is 3.03. The number of nitrogens with zero attached hydrogens (tertiary/aromatic N) is 1. The SMILES string of the molecule is Cc1nc2c(Cl)c(Cl)c(N)cc2o1. The number of rotatable bonds is 0. The van der Waals surface area contributed by atoms with Crippen LogP contribution < -0.4 is 5.73 Å². The van der Waals surface area contributed by atoms with Crippen molar-refractivity contribution in [1.29, 1.82) is 0 Å². The molecule has 1 heterocycles. The van der Waals surface area contributed by atoms with Crippen LogP contribution in [-0.4, -0.2) is 4.98 Å². The van der Waals surface area contributed by atoms with E-state index in [1.54, 1.807) is 13.0 Å². The first-order valence-electron chi connectivity index (χ1n) is 3.60. The van der Waals surface area contributed by atoms with E-state index in [0.717, 1.165) is 0 Å². The van der Waals surface area contributed by atoms with Crippen LogP contribution in [0, 0.1) is 6.92 Å². The number of anilines is 1. The number of aryl methyl sites for hydroxylation is 1. The Labute approximate surface area is 84.4 Å². The summed E-state index contributed by atoms with van der Waals surface area (Å²) in [5.74, 6) is 0.540. The van der Waals surface area contributed by atoms with E-state index >= 15 is 0 Å². The molecule has 0 aliphatic heterocycles. The summed E-state index contributed by atoms with van der Waals surface area (Å²) in [4.78, 5) is 4.08. The lowest BCUT2D eigenvalue weighted by molar-refractivity contribution is 0.561. The smallest absolute Gasteiger partial charge is 0.192 e. The minimum Gasteiger partial charge on any atom is -0.441 e. The Kier molecular flexibility index (Phi) is 1.86. The van der Waals surface area contributed by atoms with E-state index in [0.29, 0.717) is 32.7 Å². The molecule has 0 spiro atoms. The standard InChI is InChI=1S/C8H6Cl2N2O/c1-3-12-8-5(13-3)2-4(11)6(9)7(8)10/h2H,11H2,1H3. The average Bonchev–Trinajstić information content (AvgIpc) is 2.42. The summed E-state index contributed by atoms with van der Waals surface area (Å²) in [5.41, 5.74) is 7.10. The lowest BCUT2D eigenvalue weighted by Gasteiger charge is -1.98. The molecule has 0 saturated carbocycles. The molecule has 0 unspecified atom stereocenters. The van der Waals surface area contributed by atoms with Gasteiger partial charge in [0.1, 0.15) is 5.52 Å². The van der Waals surface area contributed by atoms with Crippen LogP contribution in [0.2, 0.25) is 10.0 Å². The van der Waals surface area contributed by atoms with E-state index in [2.05, 4.69) is 4.98 Å². The largest absolute Gasteiger partial charge is 0.441 e. The van der Waals surface area contributed by atoms with Gasteiger partial charge in [0.2, 0.25) is 0 Å². The zero-order valence-corrected chi connectivity index (χ0v) is 8.28. The van der Waals surface area contributed by atoms with Crippen LogP contribution in [0.3, 0.4) is 0 Å². The molecule has 2 rings (SSSR count). The summed E-state index contributed by atoms with van der Waals surface area (Å²) in [6, 6.07) is 1.61. The van der Waals surface area contributed by atoms with Gasteiger partial charge < -0.3 is 10.2 Å². The second-order valence-corrected chi connectivity index (χ2v) is 3.43. The molecule has 0 fully saturated rings. The fourth-order valence-corrected chi connectivity index (χ4v) is 1.52. The van der Waals surface area contributed by atoms with Gasteiger partial charge in [-0.3, -0.25) is 0 Å². The Bertz CT molecular complexity index is 478. The normalized spacial score (nSPS) is 11.0. The predicted molar refractivity (Wildman–Crippen MR) is 53.2 cm³/mol. The number of oxazole rings is 1. The maximum Gasteiger partial charge on any atom is 0.192 e. The molecule has 0 aliphatic rings. The third-order valence-electron chi connectivity index (χ3n) is 1.70. The van der Waals surface area contributed by atoms with Crippen molar-refractivity contribution < 1.29 is 4.42 Å². The van der Waals surface area contributed by atoms with Crippen LogP contribution in [-0.2, 0) is 0 Å². The molecule has 2 N–H and O–H groups in total. The maximum absolute atomic E-state index is 5.91. The van der Waals surface area contributed by atoms with Crippen LogP contribution in [0.5, 0.6) is 0 Å². The van der Waals surface area contributed by atoms with Crippen LogP contribution in [0.25, 0.3) is 11.1 Å². The van der Waals surface area contributed by atoms with Crippen LogP contribution in [0.15, 0.2) is 10.5 Å². The summed E-state index contributed by atoms with van der Waals surface area (Å²) in [6.45, 7) is 1.74. The number of fused-ring (bicyclic) bond motifs is 1. The van der Waals surface area contributed by atoms with Crippen LogP contribution in [0.1, 0.15) is 5.89 Å². The molecule has 68 valence electrons. The highest BCUT2D eigenvalue weighted by atomic mass is 35.5. The minimum atomic E-state index is 0.322. The first-order valence-corrected chi connectivity index (χ1v) is 4.36. The van der Waals surface area contributed by atoms with E-state index < -0.39 is 0 Å². The van der Waals surface area contributed by atoms with Crippen molar-refractivity contribution in [2.45, 2.75) is 6.92 Å². The second-order valence-electron chi connectivity index (χ2n) is 2.67. The van der Waals surface area contributed by atoms with Crippen LogP contribution in [0.4, 0.5) is 5.69 Å². The molecular weight excluding hydrogens is 211 g/mol. The van der Waals surface area contributed by atoms with Crippen LogP contribution >= 0.6 is 23.2 Å². The average molecular weight is 217 g/mol. The Hall–Kier alpha value is -0.930. The van der Waals surface area contributed by atoms with Gasteiger partial charge in [-0.05, 0) is 0 Å². The highest BCUT2D eigenvalue weighted by molar-refractivity contribution is 6.46. The highest BCUT2D eigenvalue weighted by Gasteiger charge is 2.12. The van der Waals surface area contributed by atoms with E-state index in [1.807, 2.05) is 0 Å². The molecule has 0 bridgehead atoms. The van der Waals surface area contributed by atoms with Gasteiger partial charge in [0.15, 0.2) is 11.5 Å². The van der Waals surface area contributed by atoms with Crippen molar-refractivity contribution in [3.8, 4) is 0 Å². The molecule has 0 amide bonds. The van der Waals surface area contributed by atoms with E-state index in [-0.39, 0.29) is 0 Å². The quantitative estimate of drug-likeness (QED) is 0.690. The van der Waals surface area contributed by atoms with Crippen molar-refractivity contribution in [2.75, 3.05) is 5.73 Å². The number of hydrogen-bond donors (Lipinski definition) is 1. The van der Waals surface area contributed by atoms with E-state index in [1.165, 1.54) is 0 Å². The summed E-state index contributed by atoms with van der Waals surface area (Å²) in [6.07, 6.45) is 0. The van der Waals surface area contributed by atoms with Crippen molar-refractivity contribution in [1.82, 2.24) is 4.98 Å². The number of hydrogen-bond acceptors (Lipinski definition) is 3. The van der Waals surface area contributed by atoms with Gasteiger partial charge in [-0.15, -0.1) is 0 Å². The number of nitrogen functional groups attached to an aromatic ring is 1. The maximum atomic E-state index is 5.91. The highest BCUT2D eigenvalue weighted by Crippen LogP contribution is 2.35. The first-order chi connectivity index (χ1) is 6.09. The van der Waals surface area contributed by atoms with Gasteiger partial charge in [-0.1, -0.05) is 23.2 Å². The molecule has 1 aromatic carbocycles. The fourth-order valence-electron chi connectivity index (χ4n) is 1.13. The monoisotopic (exact) mass is 216 g/mol.